The molecule has 0 spiro atoms. The van der Waals surface area contributed by atoms with E-state index in [0.29, 0.717) is 5.88 Å². The van der Waals surface area contributed by atoms with Crippen LogP contribution in [0.3, 0.4) is 0 Å². The highest BCUT2D eigenvalue weighted by molar-refractivity contribution is 5.94. The maximum atomic E-state index is 10.9. The lowest BCUT2D eigenvalue weighted by atomic mass is 10.1. The van der Waals surface area contributed by atoms with Gasteiger partial charge < -0.3 is 9.84 Å². The molecule has 90 valence electrons. The molecule has 0 aliphatic heterocycles. The molecule has 0 atom stereocenters. The van der Waals surface area contributed by atoms with Crippen LogP contribution >= 0.6 is 0 Å². The van der Waals surface area contributed by atoms with E-state index in [9.17, 15) is 4.79 Å². The maximum Gasteiger partial charge on any atom is 0.335 e. The second kappa shape index (κ2) is 4.08. The van der Waals surface area contributed by atoms with Crippen LogP contribution in [0.4, 0.5) is 0 Å². The first-order chi connectivity index (χ1) is 8.04. The van der Waals surface area contributed by atoms with E-state index in [1.54, 1.807) is 30.0 Å². The zero-order valence-corrected chi connectivity index (χ0v) is 9.97. The molecule has 1 aromatic heterocycles. The molecule has 0 aliphatic carbocycles. The molecule has 2 aromatic rings. The van der Waals surface area contributed by atoms with Crippen LogP contribution in [-0.4, -0.2) is 28.0 Å². The smallest absolute Gasteiger partial charge is 0.335 e. The van der Waals surface area contributed by atoms with Gasteiger partial charge in [-0.2, -0.15) is 0 Å². The van der Waals surface area contributed by atoms with Crippen LogP contribution < -0.4 is 4.74 Å². The normalized spacial score (nSPS) is 11.1. The Morgan fingerprint density at radius 2 is 2.18 bits per heavy atom. The molecule has 0 aliphatic rings. The zero-order valence-electron chi connectivity index (χ0n) is 9.97. The molecule has 2 rings (SSSR count). The lowest BCUT2D eigenvalue weighted by Gasteiger charge is -2.06. The summed E-state index contributed by atoms with van der Waals surface area (Å²) in [5.41, 5.74) is 1.03. The van der Waals surface area contributed by atoms with Gasteiger partial charge in [-0.25, -0.2) is 4.79 Å². The average molecular weight is 234 g/mol. The largest absolute Gasteiger partial charge is 0.479 e. The fourth-order valence-corrected chi connectivity index (χ4v) is 1.79. The number of aromatic carboxylic acids is 1. The molecule has 0 unspecified atom stereocenters. The van der Waals surface area contributed by atoms with E-state index in [1.165, 1.54) is 0 Å². The number of fused-ring (bicyclic) bond motifs is 1. The van der Waals surface area contributed by atoms with Crippen LogP contribution in [0.1, 0.15) is 30.2 Å². The summed E-state index contributed by atoms with van der Waals surface area (Å²) in [6.45, 7) is 3.97. The standard InChI is InChI=1S/C12H14N2O3/c1-7(2)14-10-6-8(12(15)16)4-5-9(10)11(13-14)17-3/h4-7H,1-3H3,(H,15,16). The van der Waals surface area contributed by atoms with Crippen LogP contribution in [-0.2, 0) is 0 Å². The fourth-order valence-electron chi connectivity index (χ4n) is 1.79. The minimum atomic E-state index is -0.942. The summed E-state index contributed by atoms with van der Waals surface area (Å²) in [7, 11) is 1.55. The van der Waals surface area contributed by atoms with E-state index in [-0.39, 0.29) is 11.6 Å². The molecule has 5 heteroatoms. The lowest BCUT2D eigenvalue weighted by Crippen LogP contribution is -2.03. The van der Waals surface area contributed by atoms with E-state index in [0.717, 1.165) is 10.9 Å². The van der Waals surface area contributed by atoms with Gasteiger partial charge in [-0.05, 0) is 32.0 Å². The number of benzene rings is 1. The molecule has 5 nitrogen and oxygen atoms in total. The number of carboxylic acids is 1. The second-order valence-corrected chi connectivity index (χ2v) is 4.08. The van der Waals surface area contributed by atoms with Gasteiger partial charge in [-0.1, -0.05) is 0 Å². The maximum absolute atomic E-state index is 10.9. The number of ether oxygens (including phenoxy) is 1. The third-order valence-corrected chi connectivity index (χ3v) is 2.60. The summed E-state index contributed by atoms with van der Waals surface area (Å²) in [4.78, 5) is 10.9. The monoisotopic (exact) mass is 234 g/mol. The third-order valence-electron chi connectivity index (χ3n) is 2.60. The van der Waals surface area contributed by atoms with Gasteiger partial charge in [0, 0.05) is 6.04 Å². The van der Waals surface area contributed by atoms with E-state index in [2.05, 4.69) is 5.10 Å². The Bertz CT molecular complexity index is 572. The number of methoxy groups -OCH3 is 1. The second-order valence-electron chi connectivity index (χ2n) is 4.08. The first-order valence-electron chi connectivity index (χ1n) is 5.34. The Morgan fingerprint density at radius 1 is 1.47 bits per heavy atom. The van der Waals surface area contributed by atoms with Crippen molar-refractivity contribution in [3.63, 3.8) is 0 Å². The van der Waals surface area contributed by atoms with Crippen LogP contribution in [0.15, 0.2) is 18.2 Å². The first kappa shape index (κ1) is 11.4. The van der Waals surface area contributed by atoms with Crippen molar-refractivity contribution in [2.75, 3.05) is 7.11 Å². The van der Waals surface area contributed by atoms with Crippen molar-refractivity contribution < 1.29 is 14.6 Å². The van der Waals surface area contributed by atoms with Gasteiger partial charge in [0.1, 0.15) is 0 Å². The van der Waals surface area contributed by atoms with E-state index >= 15 is 0 Å². The number of nitrogens with zero attached hydrogens (tertiary/aromatic N) is 2. The highest BCUT2D eigenvalue weighted by Gasteiger charge is 2.15. The zero-order chi connectivity index (χ0) is 12.6. The van der Waals surface area contributed by atoms with Gasteiger partial charge in [-0.3, -0.25) is 4.68 Å². The summed E-state index contributed by atoms with van der Waals surface area (Å²) < 4.78 is 6.94. The SMILES string of the molecule is COc1nn(C(C)C)c2cc(C(=O)O)ccc12. The topological polar surface area (TPSA) is 64.4 Å². The molecule has 0 saturated carbocycles. The molecule has 0 saturated heterocycles. The first-order valence-corrected chi connectivity index (χ1v) is 5.34. The number of carbonyl (C=O) groups is 1. The summed E-state index contributed by atoms with van der Waals surface area (Å²) in [5.74, 6) is -0.423. The minimum Gasteiger partial charge on any atom is -0.479 e. The van der Waals surface area contributed by atoms with Crippen molar-refractivity contribution in [2.24, 2.45) is 0 Å². The van der Waals surface area contributed by atoms with Gasteiger partial charge >= 0.3 is 5.97 Å². The van der Waals surface area contributed by atoms with Crippen LogP contribution in [0.25, 0.3) is 10.9 Å². The quantitative estimate of drug-likeness (QED) is 0.885. The highest BCUT2D eigenvalue weighted by atomic mass is 16.5. The van der Waals surface area contributed by atoms with Crippen molar-refractivity contribution in [3.8, 4) is 5.88 Å². The molecule has 0 bridgehead atoms. The number of hydrogen-bond acceptors (Lipinski definition) is 3. The molecule has 1 aromatic carbocycles. The Labute approximate surface area is 98.6 Å². The van der Waals surface area contributed by atoms with Crippen LogP contribution in [0.2, 0.25) is 0 Å². The summed E-state index contributed by atoms with van der Waals surface area (Å²) >= 11 is 0. The van der Waals surface area contributed by atoms with E-state index < -0.39 is 5.97 Å². The lowest BCUT2D eigenvalue weighted by molar-refractivity contribution is 0.0697. The number of aromatic nitrogens is 2. The Morgan fingerprint density at radius 3 is 2.71 bits per heavy atom. The Kier molecular flexibility index (Phi) is 2.75. The molecule has 0 amide bonds. The molecular formula is C12H14N2O3. The van der Waals surface area contributed by atoms with Crippen molar-refractivity contribution >= 4 is 16.9 Å². The highest BCUT2D eigenvalue weighted by Crippen LogP contribution is 2.27. The van der Waals surface area contributed by atoms with Crippen molar-refractivity contribution in [3.05, 3.63) is 23.8 Å². The predicted molar refractivity (Wildman–Crippen MR) is 63.6 cm³/mol. The van der Waals surface area contributed by atoms with Gasteiger partial charge in [0.05, 0.1) is 23.6 Å². The Balaban J connectivity index is 2.73. The van der Waals surface area contributed by atoms with E-state index in [4.69, 9.17) is 9.84 Å². The summed E-state index contributed by atoms with van der Waals surface area (Å²) in [6, 6.07) is 5.04. The van der Waals surface area contributed by atoms with Gasteiger partial charge in [0.15, 0.2) is 0 Å². The summed E-state index contributed by atoms with van der Waals surface area (Å²) in [6.07, 6.45) is 0. The average Bonchev–Trinajstić information content (AvgIpc) is 2.66. The summed E-state index contributed by atoms with van der Waals surface area (Å²) in [5, 5.41) is 14.1. The van der Waals surface area contributed by atoms with Gasteiger partial charge in [-0.15, -0.1) is 5.10 Å². The van der Waals surface area contributed by atoms with Crippen molar-refractivity contribution in [2.45, 2.75) is 19.9 Å². The van der Waals surface area contributed by atoms with Crippen molar-refractivity contribution in [1.29, 1.82) is 0 Å². The fraction of sp³-hybridized carbons (Fsp3) is 0.333. The minimum absolute atomic E-state index is 0.144. The number of carboxylic acid groups (broad SMARTS) is 1. The molecule has 1 heterocycles. The number of hydrogen-bond donors (Lipinski definition) is 1. The van der Waals surface area contributed by atoms with Crippen LogP contribution in [0.5, 0.6) is 5.88 Å². The third kappa shape index (κ3) is 1.84. The Hall–Kier alpha value is -2.04. The van der Waals surface area contributed by atoms with Crippen LogP contribution in [0, 0.1) is 0 Å². The van der Waals surface area contributed by atoms with E-state index in [1.807, 2.05) is 13.8 Å². The van der Waals surface area contributed by atoms with Gasteiger partial charge in [0.25, 0.3) is 0 Å². The number of rotatable bonds is 3. The molecule has 1 N–H and O–H groups in total. The predicted octanol–water partition coefficient (Wildman–Crippen LogP) is 2.32. The molecule has 0 fully saturated rings. The molecule has 17 heavy (non-hydrogen) atoms. The van der Waals surface area contributed by atoms with Gasteiger partial charge in [0.2, 0.25) is 5.88 Å². The molecular weight excluding hydrogens is 220 g/mol. The molecule has 0 radical (unpaired) electrons. The van der Waals surface area contributed by atoms with Crippen molar-refractivity contribution in [1.82, 2.24) is 9.78 Å².